The average Bonchev–Trinajstić information content (AvgIpc) is 2.60. The molecule has 0 saturated carbocycles. The maximum absolute atomic E-state index is 12.4. The molecule has 1 atom stereocenters. The van der Waals surface area contributed by atoms with E-state index < -0.39 is 0 Å². The van der Waals surface area contributed by atoms with Crippen molar-refractivity contribution in [1.82, 2.24) is 15.1 Å². The second-order valence-corrected chi connectivity index (χ2v) is 6.76. The van der Waals surface area contributed by atoms with Gasteiger partial charge in [-0.3, -0.25) is 4.79 Å². The number of amides is 2. The number of piperidine rings is 1. The highest BCUT2D eigenvalue weighted by Gasteiger charge is 2.28. The lowest BCUT2D eigenvalue weighted by molar-refractivity contribution is -0.126. The van der Waals surface area contributed by atoms with Crippen LogP contribution in [0.25, 0.3) is 0 Å². The lowest BCUT2D eigenvalue weighted by Crippen LogP contribution is -2.45. The molecular weight excluding hydrogens is 318 g/mol. The standard InChI is InChI=1S/C19H29N3O3/c1-4-25-19(24)22-11-5-6-17(14-22)18(23)20-12-15-7-9-16(10-8-15)13-21(2)3/h7-10,17H,4-6,11-14H2,1-3H3,(H,20,23). The van der Waals surface area contributed by atoms with Gasteiger partial charge < -0.3 is 19.9 Å². The van der Waals surface area contributed by atoms with E-state index in [9.17, 15) is 9.59 Å². The summed E-state index contributed by atoms with van der Waals surface area (Å²) in [7, 11) is 4.08. The lowest BCUT2D eigenvalue weighted by Gasteiger charge is -2.31. The molecule has 1 aliphatic heterocycles. The van der Waals surface area contributed by atoms with Crippen molar-refractivity contribution in [2.75, 3.05) is 33.8 Å². The average molecular weight is 347 g/mol. The maximum atomic E-state index is 12.4. The molecule has 2 amide bonds. The fraction of sp³-hybridized carbons (Fsp3) is 0.579. The Labute approximate surface area is 150 Å². The van der Waals surface area contributed by atoms with E-state index in [0.29, 0.717) is 26.2 Å². The Morgan fingerprint density at radius 2 is 1.92 bits per heavy atom. The Hall–Kier alpha value is -2.08. The highest BCUT2D eigenvalue weighted by atomic mass is 16.6. The topological polar surface area (TPSA) is 61.9 Å². The molecule has 1 aliphatic rings. The van der Waals surface area contributed by atoms with Crippen LogP contribution in [0.2, 0.25) is 0 Å². The van der Waals surface area contributed by atoms with Gasteiger partial charge in [0.1, 0.15) is 0 Å². The number of hydrogen-bond acceptors (Lipinski definition) is 4. The fourth-order valence-electron chi connectivity index (χ4n) is 3.03. The largest absolute Gasteiger partial charge is 0.450 e. The van der Waals surface area contributed by atoms with Gasteiger partial charge in [-0.25, -0.2) is 4.79 Å². The highest BCUT2D eigenvalue weighted by molar-refractivity contribution is 5.80. The lowest BCUT2D eigenvalue weighted by atomic mass is 9.97. The molecule has 1 aromatic rings. The number of ether oxygens (including phenoxy) is 1. The van der Waals surface area contributed by atoms with E-state index in [1.807, 2.05) is 26.2 Å². The second kappa shape index (κ2) is 9.42. The summed E-state index contributed by atoms with van der Waals surface area (Å²) in [5.74, 6) is -0.155. The van der Waals surface area contributed by atoms with Crippen molar-refractivity contribution in [2.45, 2.75) is 32.9 Å². The Morgan fingerprint density at radius 3 is 2.56 bits per heavy atom. The molecular formula is C19H29N3O3. The number of benzene rings is 1. The Bertz CT molecular complexity index is 572. The third kappa shape index (κ3) is 6.05. The zero-order valence-electron chi connectivity index (χ0n) is 15.5. The summed E-state index contributed by atoms with van der Waals surface area (Å²) in [6.45, 7) is 4.66. The number of hydrogen-bond donors (Lipinski definition) is 1. The molecule has 1 saturated heterocycles. The summed E-state index contributed by atoms with van der Waals surface area (Å²) in [4.78, 5) is 28.0. The molecule has 2 rings (SSSR count). The molecule has 0 bridgehead atoms. The van der Waals surface area contributed by atoms with Crippen LogP contribution in [0.15, 0.2) is 24.3 Å². The molecule has 1 N–H and O–H groups in total. The van der Waals surface area contributed by atoms with Gasteiger partial charge in [-0.15, -0.1) is 0 Å². The Morgan fingerprint density at radius 1 is 1.24 bits per heavy atom. The van der Waals surface area contributed by atoms with E-state index in [2.05, 4.69) is 22.3 Å². The van der Waals surface area contributed by atoms with Crippen LogP contribution in [0, 0.1) is 5.92 Å². The summed E-state index contributed by atoms with van der Waals surface area (Å²) in [6.07, 6.45) is 1.32. The van der Waals surface area contributed by atoms with Gasteiger partial charge >= 0.3 is 6.09 Å². The van der Waals surface area contributed by atoms with Crippen LogP contribution in [-0.4, -0.2) is 55.6 Å². The van der Waals surface area contributed by atoms with Gasteiger partial charge in [0.2, 0.25) is 5.91 Å². The van der Waals surface area contributed by atoms with Gasteiger partial charge in [-0.05, 0) is 45.0 Å². The number of nitrogens with zero attached hydrogens (tertiary/aromatic N) is 2. The van der Waals surface area contributed by atoms with Crippen molar-refractivity contribution in [3.8, 4) is 0 Å². The molecule has 0 radical (unpaired) electrons. The quantitative estimate of drug-likeness (QED) is 0.857. The van der Waals surface area contributed by atoms with E-state index in [1.54, 1.807) is 11.8 Å². The fourth-order valence-corrected chi connectivity index (χ4v) is 3.03. The van der Waals surface area contributed by atoms with Gasteiger partial charge in [0, 0.05) is 26.2 Å². The van der Waals surface area contributed by atoms with Crippen molar-refractivity contribution < 1.29 is 14.3 Å². The number of rotatable bonds is 6. The third-order valence-corrected chi connectivity index (χ3v) is 4.31. The molecule has 1 heterocycles. The minimum atomic E-state index is -0.323. The molecule has 0 aliphatic carbocycles. The maximum Gasteiger partial charge on any atom is 0.409 e. The number of carbonyl (C=O) groups excluding carboxylic acids is 2. The van der Waals surface area contributed by atoms with Crippen LogP contribution in [0.5, 0.6) is 0 Å². The molecule has 1 unspecified atom stereocenters. The van der Waals surface area contributed by atoms with E-state index in [-0.39, 0.29) is 17.9 Å². The van der Waals surface area contributed by atoms with Crippen LogP contribution in [0.4, 0.5) is 4.79 Å². The summed E-state index contributed by atoms with van der Waals surface area (Å²) < 4.78 is 5.03. The van der Waals surface area contributed by atoms with E-state index in [0.717, 1.165) is 24.9 Å². The smallest absolute Gasteiger partial charge is 0.409 e. The van der Waals surface area contributed by atoms with Gasteiger partial charge in [-0.1, -0.05) is 24.3 Å². The normalized spacial score (nSPS) is 17.4. The van der Waals surface area contributed by atoms with Gasteiger partial charge in [0.15, 0.2) is 0 Å². The third-order valence-electron chi connectivity index (χ3n) is 4.31. The predicted octanol–water partition coefficient (Wildman–Crippen LogP) is 2.23. The summed E-state index contributed by atoms with van der Waals surface area (Å²) in [5.41, 5.74) is 2.33. The molecule has 1 fully saturated rings. The summed E-state index contributed by atoms with van der Waals surface area (Å²) in [6, 6.07) is 8.27. The molecule has 25 heavy (non-hydrogen) atoms. The van der Waals surface area contributed by atoms with E-state index in [1.165, 1.54) is 5.56 Å². The van der Waals surface area contributed by atoms with Crippen molar-refractivity contribution >= 4 is 12.0 Å². The first-order valence-electron chi connectivity index (χ1n) is 8.91. The van der Waals surface area contributed by atoms with Crippen molar-refractivity contribution in [2.24, 2.45) is 5.92 Å². The van der Waals surface area contributed by atoms with Gasteiger partial charge in [0.05, 0.1) is 12.5 Å². The van der Waals surface area contributed by atoms with Crippen LogP contribution in [-0.2, 0) is 22.6 Å². The van der Waals surface area contributed by atoms with Gasteiger partial charge in [0.25, 0.3) is 0 Å². The minimum Gasteiger partial charge on any atom is -0.450 e. The minimum absolute atomic E-state index is 0.00589. The molecule has 6 nitrogen and oxygen atoms in total. The number of carbonyl (C=O) groups is 2. The van der Waals surface area contributed by atoms with Crippen LogP contribution in [0.3, 0.4) is 0 Å². The first-order valence-corrected chi connectivity index (χ1v) is 8.91. The Kier molecular flexibility index (Phi) is 7.25. The molecule has 0 aromatic heterocycles. The number of likely N-dealkylation sites (tertiary alicyclic amines) is 1. The van der Waals surface area contributed by atoms with Crippen molar-refractivity contribution in [3.05, 3.63) is 35.4 Å². The van der Waals surface area contributed by atoms with Crippen molar-refractivity contribution in [1.29, 1.82) is 0 Å². The van der Waals surface area contributed by atoms with E-state index in [4.69, 9.17) is 4.74 Å². The van der Waals surface area contributed by atoms with Crippen LogP contribution < -0.4 is 5.32 Å². The molecule has 1 aromatic carbocycles. The monoisotopic (exact) mass is 347 g/mol. The first kappa shape index (κ1) is 19.2. The molecule has 0 spiro atoms. The zero-order valence-corrected chi connectivity index (χ0v) is 15.5. The first-order chi connectivity index (χ1) is 12.0. The molecule has 6 heteroatoms. The Balaban J connectivity index is 1.82. The van der Waals surface area contributed by atoms with Crippen molar-refractivity contribution in [3.63, 3.8) is 0 Å². The summed E-state index contributed by atoms with van der Waals surface area (Å²) >= 11 is 0. The van der Waals surface area contributed by atoms with E-state index >= 15 is 0 Å². The second-order valence-electron chi connectivity index (χ2n) is 6.76. The molecule has 138 valence electrons. The SMILES string of the molecule is CCOC(=O)N1CCCC(C(=O)NCc2ccc(CN(C)C)cc2)C1. The highest BCUT2D eigenvalue weighted by Crippen LogP contribution is 2.17. The zero-order chi connectivity index (χ0) is 18.2. The summed E-state index contributed by atoms with van der Waals surface area (Å²) in [5, 5.41) is 2.99. The number of nitrogens with one attached hydrogen (secondary N) is 1. The van der Waals surface area contributed by atoms with Crippen LogP contribution in [0.1, 0.15) is 30.9 Å². The van der Waals surface area contributed by atoms with Gasteiger partial charge in [-0.2, -0.15) is 0 Å². The van der Waals surface area contributed by atoms with Crippen LogP contribution >= 0.6 is 0 Å². The predicted molar refractivity (Wildman–Crippen MR) is 97.0 cm³/mol.